The minimum absolute atomic E-state index is 0.392. The van der Waals surface area contributed by atoms with Crippen molar-refractivity contribution in [1.29, 1.82) is 0 Å². The minimum atomic E-state index is 0.392. The zero-order valence-electron chi connectivity index (χ0n) is 6.79. The highest BCUT2D eigenvalue weighted by Crippen LogP contribution is 2.12. The largest absolute Gasteiger partial charge is 0.376 e. The van der Waals surface area contributed by atoms with E-state index in [2.05, 4.69) is 5.73 Å². The Balaban J connectivity index is 0.000000281. The van der Waals surface area contributed by atoms with Crippen LogP contribution in [0, 0.1) is 0 Å². The highest BCUT2D eigenvalue weighted by Gasteiger charge is 2.26. The lowest BCUT2D eigenvalue weighted by atomic mass is 10.5. The van der Waals surface area contributed by atoms with Crippen LogP contribution in [0.3, 0.4) is 0 Å². The van der Waals surface area contributed by atoms with Crippen LogP contribution in [0.5, 0.6) is 0 Å². The predicted molar refractivity (Wildman–Crippen MR) is 40.4 cm³/mol. The topological polar surface area (TPSA) is 60.3 Å². The van der Waals surface area contributed by atoms with Crippen molar-refractivity contribution in [2.75, 3.05) is 33.5 Å². The summed E-state index contributed by atoms with van der Waals surface area (Å²) >= 11 is 0. The molecule has 0 aromatic carbocycles. The summed E-state index contributed by atoms with van der Waals surface area (Å²) < 4.78 is 15.1. The zero-order chi connectivity index (χ0) is 8.10. The van der Waals surface area contributed by atoms with Crippen molar-refractivity contribution in [3.63, 3.8) is 0 Å². The maximum atomic E-state index is 5.23. The number of hydrogen-bond donors (Lipinski definition) is 1. The first-order valence-corrected chi connectivity index (χ1v) is 3.84. The highest BCUT2D eigenvalue weighted by molar-refractivity contribution is 4.71. The van der Waals surface area contributed by atoms with Crippen LogP contribution in [0.2, 0.25) is 0 Å². The molecule has 0 amide bonds. The first kappa shape index (κ1) is 8.93. The van der Waals surface area contributed by atoms with Crippen LogP contribution < -0.4 is 5.73 Å². The maximum Gasteiger partial charge on any atom is 0.104 e. The van der Waals surface area contributed by atoms with Gasteiger partial charge in [-0.2, -0.15) is 0 Å². The molecule has 11 heavy (non-hydrogen) atoms. The van der Waals surface area contributed by atoms with E-state index in [-0.39, 0.29) is 0 Å². The third-order valence-electron chi connectivity index (χ3n) is 1.41. The molecule has 0 bridgehead atoms. The van der Waals surface area contributed by atoms with Gasteiger partial charge in [0.2, 0.25) is 0 Å². The lowest BCUT2D eigenvalue weighted by Gasteiger charge is -1.95. The van der Waals surface area contributed by atoms with E-state index < -0.39 is 0 Å². The quantitative estimate of drug-likeness (QED) is 0.558. The van der Waals surface area contributed by atoms with Gasteiger partial charge in [-0.1, -0.05) is 0 Å². The molecule has 66 valence electrons. The Morgan fingerprint density at radius 3 is 1.82 bits per heavy atom. The molecule has 2 aliphatic rings. The van der Waals surface area contributed by atoms with E-state index in [9.17, 15) is 0 Å². The Bertz CT molecular complexity index is 89.9. The number of hydrogen-bond acceptors (Lipinski definition) is 4. The zero-order valence-corrected chi connectivity index (χ0v) is 6.79. The summed E-state index contributed by atoms with van der Waals surface area (Å²) in [6, 6.07) is 0. The van der Waals surface area contributed by atoms with Gasteiger partial charge in [-0.25, -0.2) is 0 Å². The van der Waals surface area contributed by atoms with E-state index in [1.807, 2.05) is 0 Å². The number of nitrogens with two attached hydrogens (primary N) is 1. The molecule has 2 atom stereocenters. The molecule has 0 aromatic heterocycles. The summed E-state index contributed by atoms with van der Waals surface area (Å²) in [4.78, 5) is 0. The normalized spacial score (nSPS) is 32.2. The monoisotopic (exact) mass is 161 g/mol. The average molecular weight is 161 g/mol. The Morgan fingerprint density at radius 1 is 1.18 bits per heavy atom. The molecule has 0 radical (unpaired) electrons. The molecule has 0 aromatic rings. The Hall–Kier alpha value is -0.160. The summed E-state index contributed by atoms with van der Waals surface area (Å²) in [5.74, 6) is 0. The van der Waals surface area contributed by atoms with Crippen LogP contribution in [0.25, 0.3) is 0 Å². The van der Waals surface area contributed by atoms with Gasteiger partial charge in [-0.05, 0) is 7.05 Å². The SMILES string of the molecule is C(OCC1CO1)C1CO1.CN. The molecule has 2 N–H and O–H groups in total. The fourth-order valence-electron chi connectivity index (χ4n) is 0.659. The highest BCUT2D eigenvalue weighted by atomic mass is 16.6. The second kappa shape index (κ2) is 4.66. The maximum absolute atomic E-state index is 5.23. The minimum Gasteiger partial charge on any atom is -0.376 e. The molecule has 2 heterocycles. The van der Waals surface area contributed by atoms with Crippen LogP contribution in [-0.4, -0.2) is 45.7 Å². The van der Waals surface area contributed by atoms with Crippen molar-refractivity contribution in [1.82, 2.24) is 0 Å². The lowest BCUT2D eigenvalue weighted by molar-refractivity contribution is 0.102. The van der Waals surface area contributed by atoms with Crippen molar-refractivity contribution in [2.24, 2.45) is 5.73 Å². The molecule has 0 saturated carbocycles. The van der Waals surface area contributed by atoms with Gasteiger partial charge in [0, 0.05) is 0 Å². The van der Waals surface area contributed by atoms with Crippen molar-refractivity contribution in [2.45, 2.75) is 12.2 Å². The third kappa shape index (κ3) is 4.31. The number of ether oxygens (including phenoxy) is 3. The second-order valence-electron chi connectivity index (χ2n) is 2.45. The van der Waals surface area contributed by atoms with Gasteiger partial charge in [0.15, 0.2) is 0 Å². The lowest BCUT2D eigenvalue weighted by Crippen LogP contribution is -2.06. The summed E-state index contributed by atoms with van der Waals surface area (Å²) in [5.41, 5.74) is 4.50. The summed E-state index contributed by atoms with van der Waals surface area (Å²) in [6.45, 7) is 3.26. The molecule has 2 fully saturated rings. The number of epoxide rings is 2. The number of rotatable bonds is 4. The van der Waals surface area contributed by atoms with Gasteiger partial charge >= 0.3 is 0 Å². The Labute approximate surface area is 66.6 Å². The van der Waals surface area contributed by atoms with Gasteiger partial charge in [0.25, 0.3) is 0 Å². The molecule has 2 rings (SSSR count). The first-order valence-electron chi connectivity index (χ1n) is 3.84. The second-order valence-corrected chi connectivity index (χ2v) is 2.45. The smallest absolute Gasteiger partial charge is 0.104 e. The van der Waals surface area contributed by atoms with E-state index in [0.29, 0.717) is 12.2 Å². The van der Waals surface area contributed by atoms with E-state index in [0.717, 1.165) is 26.4 Å². The Morgan fingerprint density at radius 2 is 1.55 bits per heavy atom. The molecular formula is C7H15NO3. The molecule has 2 unspecified atom stereocenters. The van der Waals surface area contributed by atoms with Crippen molar-refractivity contribution < 1.29 is 14.2 Å². The molecule has 4 nitrogen and oxygen atoms in total. The molecule has 4 heteroatoms. The molecule has 0 spiro atoms. The van der Waals surface area contributed by atoms with Crippen LogP contribution in [0.1, 0.15) is 0 Å². The van der Waals surface area contributed by atoms with Crippen LogP contribution in [0.15, 0.2) is 0 Å². The van der Waals surface area contributed by atoms with Gasteiger partial charge in [0.05, 0.1) is 26.4 Å². The Kier molecular flexibility index (Phi) is 3.79. The molecular weight excluding hydrogens is 146 g/mol. The van der Waals surface area contributed by atoms with E-state index in [1.165, 1.54) is 7.05 Å². The van der Waals surface area contributed by atoms with Crippen molar-refractivity contribution in [3.8, 4) is 0 Å². The van der Waals surface area contributed by atoms with E-state index in [1.54, 1.807) is 0 Å². The van der Waals surface area contributed by atoms with Gasteiger partial charge < -0.3 is 19.9 Å². The van der Waals surface area contributed by atoms with Gasteiger partial charge in [-0.3, -0.25) is 0 Å². The summed E-state index contributed by atoms with van der Waals surface area (Å²) in [6.07, 6.45) is 0.785. The van der Waals surface area contributed by atoms with Crippen LogP contribution >= 0.6 is 0 Å². The van der Waals surface area contributed by atoms with E-state index >= 15 is 0 Å². The first-order chi connectivity index (χ1) is 5.45. The molecule has 0 aliphatic carbocycles. The van der Waals surface area contributed by atoms with Gasteiger partial charge in [0.1, 0.15) is 12.2 Å². The molecule has 2 saturated heterocycles. The van der Waals surface area contributed by atoms with Crippen molar-refractivity contribution in [3.05, 3.63) is 0 Å². The fourth-order valence-corrected chi connectivity index (χ4v) is 0.659. The van der Waals surface area contributed by atoms with Crippen LogP contribution in [0.4, 0.5) is 0 Å². The van der Waals surface area contributed by atoms with E-state index in [4.69, 9.17) is 14.2 Å². The van der Waals surface area contributed by atoms with Crippen molar-refractivity contribution >= 4 is 0 Å². The summed E-state index contributed by atoms with van der Waals surface area (Å²) in [5, 5.41) is 0. The van der Waals surface area contributed by atoms with Crippen LogP contribution in [-0.2, 0) is 14.2 Å². The van der Waals surface area contributed by atoms with Gasteiger partial charge in [-0.15, -0.1) is 0 Å². The molecule has 2 aliphatic heterocycles. The summed E-state index contributed by atoms with van der Waals surface area (Å²) in [7, 11) is 1.50. The average Bonchev–Trinajstić information content (AvgIpc) is 2.86. The third-order valence-corrected chi connectivity index (χ3v) is 1.41. The standard InChI is InChI=1S/C6H10O3.CH5N/c1(5-3-8-5)7-2-6-4-9-6;1-2/h5-6H,1-4H2;2H2,1H3. The fraction of sp³-hybridized carbons (Fsp3) is 1.00. The predicted octanol–water partition coefficient (Wildman–Crippen LogP) is -0.624.